The van der Waals surface area contributed by atoms with Crippen LogP contribution < -0.4 is 14.7 Å². The zero-order valence-electron chi connectivity index (χ0n) is 59.6. The normalized spacial score (nSPS) is 14.5. The Morgan fingerprint density at radius 3 is 1.22 bits per heavy atom. The van der Waals surface area contributed by atoms with Crippen molar-refractivity contribution < 1.29 is 0 Å². The Morgan fingerprint density at radius 1 is 0.333 bits per heavy atom. The fourth-order valence-corrected chi connectivity index (χ4v) is 16.7. The zero-order chi connectivity index (χ0) is 71.1. The van der Waals surface area contributed by atoms with Crippen molar-refractivity contribution >= 4 is 90.6 Å². The Bertz CT molecular complexity index is 6010. The predicted molar refractivity (Wildman–Crippen MR) is 448 cm³/mol. The van der Waals surface area contributed by atoms with Crippen LogP contribution in [-0.4, -0.2) is 11.1 Å². The van der Waals surface area contributed by atoms with E-state index < -0.39 is 0 Å². The van der Waals surface area contributed by atoms with E-state index in [0.29, 0.717) is 6.54 Å². The first-order chi connectivity index (χ1) is 51.4. The van der Waals surface area contributed by atoms with E-state index in [-0.39, 0.29) is 10.8 Å². The minimum Gasteiger partial charge on any atom is -0.337 e. The monoisotopic (exact) mass is 1350 g/mol. The maximum Gasteiger partial charge on any atom is 0.0541 e. The predicted octanol–water partition coefficient (Wildman–Crippen LogP) is 27.4. The fraction of sp³-hybridized carbons (Fsp3) is 0.0693. The second-order valence-corrected chi connectivity index (χ2v) is 29.1. The third-order valence-electron chi connectivity index (χ3n) is 22.3. The lowest BCUT2D eigenvalue weighted by molar-refractivity contribution is 0.660. The molecule has 0 spiro atoms. The van der Waals surface area contributed by atoms with Crippen LogP contribution in [0.3, 0.4) is 0 Å². The number of rotatable bonds is 14. The molecule has 14 aromatic carbocycles. The van der Waals surface area contributed by atoms with Crippen molar-refractivity contribution in [3.8, 4) is 61.3 Å². The molecule has 2 heterocycles. The van der Waals surface area contributed by atoms with Crippen LogP contribution in [0.25, 0.3) is 106 Å². The van der Waals surface area contributed by atoms with Crippen molar-refractivity contribution in [3.63, 3.8) is 0 Å². The summed E-state index contributed by atoms with van der Waals surface area (Å²) in [4.78, 5) is 7.19. The molecule has 0 radical (unpaired) electrons. The summed E-state index contributed by atoms with van der Waals surface area (Å²) in [6, 6.07) is 119. The van der Waals surface area contributed by atoms with E-state index in [1.807, 2.05) is 12.2 Å². The summed E-state index contributed by atoms with van der Waals surface area (Å²) in [5, 5.41) is 2.36. The molecule has 15 aromatic rings. The van der Waals surface area contributed by atoms with Gasteiger partial charge in [-0.25, -0.2) is 0 Å². The lowest BCUT2D eigenvalue weighted by atomic mass is 9.82. The lowest BCUT2D eigenvalue weighted by Crippen LogP contribution is -2.18. The Kier molecular flexibility index (Phi) is 15.7. The van der Waals surface area contributed by atoms with Gasteiger partial charge in [0.25, 0.3) is 0 Å². The number of allylic oxidation sites excluding steroid dienone is 4. The molecule has 105 heavy (non-hydrogen) atoms. The van der Waals surface area contributed by atoms with Gasteiger partial charge in [0.15, 0.2) is 0 Å². The Hall–Kier alpha value is -13.0. The van der Waals surface area contributed by atoms with Gasteiger partial charge in [0, 0.05) is 84.9 Å². The van der Waals surface area contributed by atoms with Gasteiger partial charge in [-0.05, 0) is 245 Å². The molecule has 0 saturated heterocycles. The van der Waals surface area contributed by atoms with Crippen LogP contribution in [0.15, 0.2) is 359 Å². The van der Waals surface area contributed by atoms with Gasteiger partial charge in [-0.15, -0.1) is 0 Å². The third-order valence-corrected chi connectivity index (χ3v) is 22.3. The SMILES string of the molecule is C=Cc1ccc(-c2ccc(N(c3ccc(C4=C/C(=C)c5cc(-c6ccc7c(c6)c6cc(-c8ccc(N(c9ccc(C=C)cc9)c9ccc%10c(c9)C(C)(C)c9ccccc9-%10)cc8)ccc6n7-c6ccccc6)ccc5N(c5ccccc5)C/C=C\4)cc3)c3ccc4c(c3)C(C)(C)c3ccccc3-4)cc2)cc1. The van der Waals surface area contributed by atoms with Crippen molar-refractivity contribution in [1.29, 1.82) is 0 Å². The molecule has 1 aromatic heterocycles. The summed E-state index contributed by atoms with van der Waals surface area (Å²) >= 11 is 0. The molecule has 502 valence electrons. The van der Waals surface area contributed by atoms with Crippen LogP contribution in [-0.2, 0) is 10.8 Å². The van der Waals surface area contributed by atoms with Gasteiger partial charge in [-0.3, -0.25) is 0 Å². The number of para-hydroxylation sites is 2. The lowest BCUT2D eigenvalue weighted by Gasteiger charge is -2.28. The second kappa shape index (κ2) is 25.8. The first-order valence-electron chi connectivity index (χ1n) is 36.4. The maximum absolute atomic E-state index is 4.94. The molecule has 0 saturated carbocycles. The Morgan fingerprint density at radius 2 is 0.714 bits per heavy atom. The first-order valence-corrected chi connectivity index (χ1v) is 36.4. The van der Waals surface area contributed by atoms with Crippen LogP contribution in [0, 0.1) is 0 Å². The number of aromatic nitrogens is 1. The van der Waals surface area contributed by atoms with Crippen molar-refractivity contribution in [2.75, 3.05) is 21.2 Å². The van der Waals surface area contributed by atoms with Crippen LogP contribution in [0.4, 0.5) is 45.5 Å². The second-order valence-electron chi connectivity index (χ2n) is 29.1. The molecular weight excluding hydrogens is 1270 g/mol. The average Bonchev–Trinajstić information content (AvgIpc) is 1.57. The largest absolute Gasteiger partial charge is 0.337 e. The van der Waals surface area contributed by atoms with Gasteiger partial charge < -0.3 is 19.3 Å². The van der Waals surface area contributed by atoms with Gasteiger partial charge in [0.05, 0.1) is 11.0 Å². The van der Waals surface area contributed by atoms with Gasteiger partial charge in [-0.2, -0.15) is 0 Å². The summed E-state index contributed by atoms with van der Waals surface area (Å²) in [5.41, 5.74) is 35.7. The van der Waals surface area contributed by atoms with E-state index in [1.54, 1.807) is 0 Å². The van der Waals surface area contributed by atoms with Crippen molar-refractivity contribution in [3.05, 3.63) is 404 Å². The van der Waals surface area contributed by atoms with E-state index in [9.17, 15) is 0 Å². The molecule has 0 N–H and O–H groups in total. The molecule has 4 heteroatoms. The minimum atomic E-state index is -0.159. The highest BCUT2D eigenvalue weighted by molar-refractivity contribution is 6.12. The number of hydrogen-bond acceptors (Lipinski definition) is 3. The number of nitrogens with zero attached hydrogens (tertiary/aromatic N) is 4. The standard InChI is InChI=1S/C101H78N4/c1-8-68-30-34-70(35-31-68)71-36-47-81(48-37-71)104(85-54-56-89-87-27-17-19-29-94(87)101(6,7)96(89)66-85)83-49-38-72(39-50-83)74-21-20-60-102(78-22-12-10-13-23-78)97-57-42-76(62-90(97)67(3)61-74)77-44-59-99-92(64-77)91-63-75(43-58-98(91)105(99)79-24-14-11-15-25-79)73-40-51-82(52-41-73)103(80-45-32-69(9-2)33-46-80)84-53-55-88-86-26-16-18-28-93(86)100(4,5)95(88)65-84/h8-59,61-66H,1-3,60H2,4-7H3/b21-20-,74-61+. The van der Waals surface area contributed by atoms with Crippen molar-refractivity contribution in [2.45, 2.75) is 38.5 Å². The Labute approximate surface area is 616 Å². The van der Waals surface area contributed by atoms with E-state index >= 15 is 0 Å². The summed E-state index contributed by atoms with van der Waals surface area (Å²) < 4.78 is 2.41. The van der Waals surface area contributed by atoms with Gasteiger partial charge in [0.2, 0.25) is 0 Å². The molecule has 0 unspecified atom stereocenters. The number of anilines is 8. The summed E-state index contributed by atoms with van der Waals surface area (Å²) in [5.74, 6) is 0. The molecule has 0 bridgehead atoms. The van der Waals surface area contributed by atoms with Crippen LogP contribution >= 0.6 is 0 Å². The van der Waals surface area contributed by atoms with Crippen LogP contribution in [0.1, 0.15) is 72.2 Å². The van der Waals surface area contributed by atoms with E-state index in [1.165, 1.54) is 60.8 Å². The molecular formula is C101H78N4. The molecule has 2 aliphatic carbocycles. The average molecular weight is 1350 g/mol. The van der Waals surface area contributed by atoms with Crippen LogP contribution in [0.2, 0.25) is 0 Å². The van der Waals surface area contributed by atoms with E-state index in [0.717, 1.165) is 123 Å². The summed E-state index contributed by atoms with van der Waals surface area (Å²) in [7, 11) is 0. The number of benzene rings is 14. The van der Waals surface area contributed by atoms with Gasteiger partial charge in [0.1, 0.15) is 0 Å². The zero-order valence-corrected chi connectivity index (χ0v) is 59.6. The maximum atomic E-state index is 4.94. The molecule has 0 fully saturated rings. The van der Waals surface area contributed by atoms with E-state index in [4.69, 9.17) is 6.58 Å². The highest BCUT2D eigenvalue weighted by atomic mass is 15.2. The van der Waals surface area contributed by atoms with E-state index in [2.05, 4.69) is 400 Å². The molecule has 4 nitrogen and oxygen atoms in total. The molecule has 1 aliphatic heterocycles. The smallest absolute Gasteiger partial charge is 0.0541 e. The highest BCUT2D eigenvalue weighted by Gasteiger charge is 2.37. The molecule has 18 rings (SSSR count). The fourth-order valence-electron chi connectivity index (χ4n) is 16.7. The minimum absolute atomic E-state index is 0.137. The third kappa shape index (κ3) is 11.2. The molecule has 0 atom stereocenters. The quantitative estimate of drug-likeness (QED) is 0.108. The van der Waals surface area contributed by atoms with Crippen molar-refractivity contribution in [1.82, 2.24) is 4.57 Å². The van der Waals surface area contributed by atoms with Crippen LogP contribution in [0.5, 0.6) is 0 Å². The Balaban J connectivity index is 0.702. The highest BCUT2D eigenvalue weighted by Crippen LogP contribution is 2.53. The topological polar surface area (TPSA) is 14.7 Å². The van der Waals surface area contributed by atoms with Gasteiger partial charge >= 0.3 is 0 Å². The number of hydrogen-bond donors (Lipinski definition) is 0. The number of fused-ring (bicyclic) bond motifs is 10. The van der Waals surface area contributed by atoms with Crippen molar-refractivity contribution in [2.24, 2.45) is 0 Å². The molecule has 0 amide bonds. The summed E-state index contributed by atoms with van der Waals surface area (Å²) in [6.45, 7) is 23.0. The summed E-state index contributed by atoms with van der Waals surface area (Å²) in [6.07, 6.45) is 10.6. The van der Waals surface area contributed by atoms with Gasteiger partial charge in [-0.1, -0.05) is 260 Å². The molecule has 3 aliphatic rings. The first kappa shape index (κ1) is 64.1.